The Hall–Kier alpha value is -1.77. The molecule has 1 heterocycles. The molecule has 2 N–H and O–H groups in total. The van der Waals surface area contributed by atoms with Gasteiger partial charge in [-0.3, -0.25) is 0 Å². The molecule has 0 amide bonds. The van der Waals surface area contributed by atoms with Crippen LogP contribution < -0.4 is 4.57 Å². The Kier molecular flexibility index (Phi) is 2.23. The fourth-order valence-electron chi connectivity index (χ4n) is 1.89. The summed E-state index contributed by atoms with van der Waals surface area (Å²) in [6.07, 6.45) is 2.84. The minimum atomic E-state index is -0.0709. The molecule has 1 aromatic heterocycles. The van der Waals surface area contributed by atoms with Gasteiger partial charge in [0.15, 0.2) is 23.4 Å². The third-order valence-corrected chi connectivity index (χ3v) is 2.70. The molecule has 0 aliphatic rings. The van der Waals surface area contributed by atoms with Crippen molar-refractivity contribution in [2.24, 2.45) is 7.05 Å². The van der Waals surface area contributed by atoms with Crippen molar-refractivity contribution in [1.82, 2.24) is 0 Å². The first-order chi connectivity index (χ1) is 7.13. The normalized spacial score (nSPS) is 10.8. The molecule has 0 spiro atoms. The van der Waals surface area contributed by atoms with Crippen LogP contribution in [0.4, 0.5) is 0 Å². The lowest BCUT2D eigenvalue weighted by molar-refractivity contribution is -0.677. The van der Waals surface area contributed by atoms with Crippen LogP contribution in [0.15, 0.2) is 24.4 Å². The van der Waals surface area contributed by atoms with Gasteiger partial charge in [0.2, 0.25) is 0 Å². The predicted octanol–water partition coefficient (Wildman–Crippen LogP) is 1.64. The first kappa shape index (κ1) is 9.77. The molecule has 3 nitrogen and oxygen atoms in total. The van der Waals surface area contributed by atoms with E-state index in [4.69, 9.17) is 0 Å². The van der Waals surface area contributed by atoms with Gasteiger partial charge in [-0.1, -0.05) is 6.92 Å². The van der Waals surface area contributed by atoms with Gasteiger partial charge in [0.05, 0.1) is 5.39 Å². The number of nitrogens with zero attached hydrogens (tertiary/aromatic N) is 1. The smallest absolute Gasteiger partial charge is 0.188 e. The van der Waals surface area contributed by atoms with E-state index in [0.29, 0.717) is 0 Å². The van der Waals surface area contributed by atoms with Gasteiger partial charge in [-0.05, 0) is 17.5 Å². The van der Waals surface area contributed by atoms with E-state index in [1.165, 1.54) is 0 Å². The van der Waals surface area contributed by atoms with Crippen molar-refractivity contribution >= 4 is 10.8 Å². The summed E-state index contributed by atoms with van der Waals surface area (Å²) in [5.41, 5.74) is 1.14. The van der Waals surface area contributed by atoms with Crippen LogP contribution in [0.3, 0.4) is 0 Å². The van der Waals surface area contributed by atoms with Crippen molar-refractivity contribution in [3.8, 4) is 11.5 Å². The molecular formula is C12H14NO2+. The number of aryl methyl sites for hydroxylation is 2. The van der Waals surface area contributed by atoms with Crippen LogP contribution >= 0.6 is 0 Å². The van der Waals surface area contributed by atoms with Gasteiger partial charge >= 0.3 is 0 Å². The molecule has 0 unspecified atom stereocenters. The molecule has 1 aromatic carbocycles. The number of fused-ring (bicyclic) bond motifs is 1. The molecule has 0 saturated heterocycles. The summed E-state index contributed by atoms with van der Waals surface area (Å²) in [6, 6.07) is 5.13. The van der Waals surface area contributed by atoms with Crippen molar-refractivity contribution in [2.45, 2.75) is 13.3 Å². The average molecular weight is 204 g/mol. The van der Waals surface area contributed by atoms with Gasteiger partial charge in [0, 0.05) is 12.5 Å². The van der Waals surface area contributed by atoms with E-state index < -0.39 is 0 Å². The van der Waals surface area contributed by atoms with E-state index in [1.54, 1.807) is 12.1 Å². The van der Waals surface area contributed by atoms with E-state index >= 15 is 0 Å². The lowest BCUT2D eigenvalue weighted by Crippen LogP contribution is -2.32. The van der Waals surface area contributed by atoms with Crippen LogP contribution in [0, 0.1) is 0 Å². The zero-order chi connectivity index (χ0) is 11.0. The van der Waals surface area contributed by atoms with Crippen LogP contribution in [0.5, 0.6) is 11.5 Å². The Morgan fingerprint density at radius 2 is 1.87 bits per heavy atom. The molecule has 0 aliphatic heterocycles. The molecule has 0 aliphatic carbocycles. The largest absolute Gasteiger partial charge is 0.504 e. The van der Waals surface area contributed by atoms with Crippen molar-refractivity contribution in [1.29, 1.82) is 0 Å². The van der Waals surface area contributed by atoms with E-state index in [-0.39, 0.29) is 11.5 Å². The molecule has 2 aromatic rings. The van der Waals surface area contributed by atoms with Crippen LogP contribution in [-0.4, -0.2) is 10.2 Å². The summed E-state index contributed by atoms with van der Waals surface area (Å²) >= 11 is 0. The van der Waals surface area contributed by atoms with Crippen LogP contribution in [0.25, 0.3) is 10.8 Å². The van der Waals surface area contributed by atoms with Crippen molar-refractivity contribution in [3.63, 3.8) is 0 Å². The molecule has 2 rings (SSSR count). The lowest BCUT2D eigenvalue weighted by Gasteiger charge is -2.04. The number of hydrogen-bond acceptors (Lipinski definition) is 2. The number of phenolic OH excluding ortho intramolecular Hbond substituents is 2. The second-order valence-electron chi connectivity index (χ2n) is 3.66. The molecule has 0 bridgehead atoms. The quantitative estimate of drug-likeness (QED) is 0.548. The number of hydrogen-bond donors (Lipinski definition) is 2. The number of phenols is 2. The Morgan fingerprint density at radius 3 is 2.53 bits per heavy atom. The van der Waals surface area contributed by atoms with Crippen molar-refractivity contribution < 1.29 is 14.8 Å². The monoisotopic (exact) mass is 204 g/mol. The molecule has 15 heavy (non-hydrogen) atoms. The summed E-state index contributed by atoms with van der Waals surface area (Å²) in [5.74, 6) is -0.137. The zero-order valence-electron chi connectivity index (χ0n) is 8.86. The Balaban J connectivity index is 2.86. The minimum absolute atomic E-state index is 0.0663. The van der Waals surface area contributed by atoms with Gasteiger partial charge in [-0.25, -0.2) is 4.57 Å². The average Bonchev–Trinajstić information content (AvgIpc) is 2.21. The highest BCUT2D eigenvalue weighted by molar-refractivity contribution is 5.86. The maximum absolute atomic E-state index is 9.47. The number of pyridine rings is 1. The summed E-state index contributed by atoms with van der Waals surface area (Å²) < 4.78 is 2.03. The van der Waals surface area contributed by atoms with E-state index in [0.717, 1.165) is 22.9 Å². The molecule has 3 heteroatoms. The molecule has 0 radical (unpaired) electrons. The summed E-state index contributed by atoms with van der Waals surface area (Å²) in [7, 11) is 1.97. The maximum Gasteiger partial charge on any atom is 0.188 e. The SMILES string of the molecule is CCc1c2cc(O)c(O)cc2cc[n+]1C. The molecule has 0 atom stereocenters. The van der Waals surface area contributed by atoms with Gasteiger partial charge in [-0.15, -0.1) is 0 Å². The van der Waals surface area contributed by atoms with Crippen LogP contribution in [0.2, 0.25) is 0 Å². The third-order valence-electron chi connectivity index (χ3n) is 2.70. The highest BCUT2D eigenvalue weighted by Crippen LogP contribution is 2.30. The fraction of sp³-hybridized carbons (Fsp3) is 0.250. The van der Waals surface area contributed by atoms with Crippen molar-refractivity contribution in [3.05, 3.63) is 30.1 Å². The zero-order valence-corrected chi connectivity index (χ0v) is 8.86. The Labute approximate surface area is 88.2 Å². The lowest BCUT2D eigenvalue weighted by atomic mass is 10.1. The van der Waals surface area contributed by atoms with Gasteiger partial charge in [-0.2, -0.15) is 0 Å². The Morgan fingerprint density at radius 1 is 1.20 bits per heavy atom. The number of rotatable bonds is 1. The van der Waals surface area contributed by atoms with Gasteiger partial charge < -0.3 is 10.2 Å². The first-order valence-corrected chi connectivity index (χ1v) is 4.96. The van der Waals surface area contributed by atoms with Gasteiger partial charge in [0.1, 0.15) is 7.05 Å². The maximum atomic E-state index is 9.47. The van der Waals surface area contributed by atoms with Crippen molar-refractivity contribution in [2.75, 3.05) is 0 Å². The molecule has 78 valence electrons. The Bertz CT molecular complexity index is 521. The van der Waals surface area contributed by atoms with E-state index in [9.17, 15) is 10.2 Å². The fourth-order valence-corrected chi connectivity index (χ4v) is 1.89. The van der Waals surface area contributed by atoms with Gasteiger partial charge in [0.25, 0.3) is 0 Å². The third kappa shape index (κ3) is 1.50. The van der Waals surface area contributed by atoms with Crippen LogP contribution in [-0.2, 0) is 13.5 Å². The molecule has 0 fully saturated rings. The van der Waals surface area contributed by atoms with E-state index in [1.807, 2.05) is 23.9 Å². The standard InChI is InChI=1S/C12H13NO2/c1-3-10-9-7-12(15)11(14)6-8(9)4-5-13(10)2/h4-7,15H,3H2,1-2H3/p+1. The highest BCUT2D eigenvalue weighted by Gasteiger charge is 2.12. The number of benzene rings is 1. The molecule has 0 saturated carbocycles. The second-order valence-corrected chi connectivity index (χ2v) is 3.66. The van der Waals surface area contributed by atoms with E-state index in [2.05, 4.69) is 6.92 Å². The first-order valence-electron chi connectivity index (χ1n) is 4.96. The minimum Gasteiger partial charge on any atom is -0.504 e. The predicted molar refractivity (Wildman–Crippen MR) is 57.8 cm³/mol. The second kappa shape index (κ2) is 3.42. The summed E-state index contributed by atoms with van der Waals surface area (Å²) in [6.45, 7) is 2.07. The van der Waals surface area contributed by atoms with Crippen LogP contribution in [0.1, 0.15) is 12.6 Å². The highest BCUT2D eigenvalue weighted by atomic mass is 16.3. The molecular weight excluding hydrogens is 190 g/mol. The number of aromatic nitrogens is 1. The number of aromatic hydroxyl groups is 2. The summed E-state index contributed by atoms with van der Waals surface area (Å²) in [4.78, 5) is 0. The summed E-state index contributed by atoms with van der Waals surface area (Å²) in [5, 5.41) is 20.8. The topological polar surface area (TPSA) is 44.3 Å².